The number of fused-ring (bicyclic) bond motifs is 5. The number of allylic oxidation sites excluding steroid dienone is 1. The summed E-state index contributed by atoms with van der Waals surface area (Å²) in [5.74, 6) is 3.71. The molecule has 0 bridgehead atoms. The van der Waals surface area contributed by atoms with Gasteiger partial charge in [0.15, 0.2) is 0 Å². The number of carbonyl (C=O) groups is 1. The Morgan fingerprint density at radius 1 is 0.816 bits per heavy atom. The van der Waals surface area contributed by atoms with E-state index in [-0.39, 0.29) is 12.1 Å². The second-order valence-corrected chi connectivity index (χ2v) is 14.5. The molecule has 0 heterocycles. The van der Waals surface area contributed by atoms with E-state index in [9.17, 15) is 4.79 Å². The van der Waals surface area contributed by atoms with Crippen molar-refractivity contribution in [2.45, 2.75) is 175 Å². The van der Waals surface area contributed by atoms with Crippen LogP contribution in [-0.2, 0) is 9.53 Å². The van der Waals surface area contributed by atoms with E-state index in [1.165, 1.54) is 116 Å². The van der Waals surface area contributed by atoms with Crippen molar-refractivity contribution in [1.82, 2.24) is 0 Å². The van der Waals surface area contributed by atoms with Crippen molar-refractivity contribution in [3.8, 4) is 0 Å². The van der Waals surface area contributed by atoms with Gasteiger partial charge in [-0.15, -0.1) is 0 Å². The van der Waals surface area contributed by atoms with E-state index >= 15 is 0 Å². The summed E-state index contributed by atoms with van der Waals surface area (Å²) in [6.07, 6.45) is 31.2. The smallest absolute Gasteiger partial charge is 0.306 e. The van der Waals surface area contributed by atoms with E-state index in [4.69, 9.17) is 4.74 Å². The van der Waals surface area contributed by atoms with Crippen LogP contribution in [0, 0.1) is 34.5 Å². The van der Waals surface area contributed by atoms with Gasteiger partial charge in [-0.2, -0.15) is 0 Å². The molecule has 0 unspecified atom stereocenters. The van der Waals surface area contributed by atoms with Crippen LogP contribution in [0.1, 0.15) is 169 Å². The van der Waals surface area contributed by atoms with Crippen LogP contribution in [0.5, 0.6) is 0 Å². The van der Waals surface area contributed by atoms with E-state index < -0.39 is 0 Å². The van der Waals surface area contributed by atoms with Crippen LogP contribution in [0.4, 0.5) is 0 Å². The Hall–Kier alpha value is -0.790. The van der Waals surface area contributed by atoms with Gasteiger partial charge in [0.05, 0.1) is 0 Å². The highest BCUT2D eigenvalue weighted by Gasteiger charge is 2.58. The Balaban J connectivity index is 1.27. The first-order valence-electron chi connectivity index (χ1n) is 17.3. The average Bonchev–Trinajstić information content (AvgIpc) is 3.24. The zero-order valence-corrected chi connectivity index (χ0v) is 25.8. The number of ether oxygens (including phenoxy) is 1. The third-order valence-corrected chi connectivity index (χ3v) is 12.2. The molecule has 7 atom stereocenters. The van der Waals surface area contributed by atoms with Crippen LogP contribution in [0.3, 0.4) is 0 Å². The van der Waals surface area contributed by atoms with Crippen LogP contribution in [0.2, 0.25) is 0 Å². The molecule has 0 aliphatic heterocycles. The van der Waals surface area contributed by atoms with Gasteiger partial charge in [-0.1, -0.05) is 110 Å². The van der Waals surface area contributed by atoms with Gasteiger partial charge in [0, 0.05) is 12.8 Å². The molecule has 0 saturated heterocycles. The predicted octanol–water partition coefficient (Wildman–Crippen LogP) is 11.0. The van der Waals surface area contributed by atoms with Gasteiger partial charge in [0.2, 0.25) is 0 Å². The Labute approximate surface area is 236 Å². The number of rotatable bonds is 15. The molecule has 0 spiro atoms. The van der Waals surface area contributed by atoms with Crippen molar-refractivity contribution in [3.63, 3.8) is 0 Å². The van der Waals surface area contributed by atoms with Crippen LogP contribution < -0.4 is 0 Å². The molecular weight excluding hydrogens is 464 g/mol. The Bertz CT molecular complexity index is 769. The molecule has 0 aromatic carbocycles. The molecule has 38 heavy (non-hydrogen) atoms. The number of hydrogen-bond acceptors (Lipinski definition) is 2. The predicted molar refractivity (Wildman–Crippen MR) is 161 cm³/mol. The molecule has 4 aliphatic rings. The maximum absolute atomic E-state index is 12.6. The first-order chi connectivity index (χ1) is 18.4. The molecular formula is C36H62O2. The molecule has 218 valence electrons. The molecule has 0 amide bonds. The fourth-order valence-electron chi connectivity index (χ4n) is 9.78. The highest BCUT2D eigenvalue weighted by molar-refractivity contribution is 5.69. The summed E-state index contributed by atoms with van der Waals surface area (Å²) in [4.78, 5) is 12.6. The maximum Gasteiger partial charge on any atom is 0.306 e. The Morgan fingerprint density at radius 3 is 2.24 bits per heavy atom. The van der Waals surface area contributed by atoms with Crippen LogP contribution >= 0.6 is 0 Å². The van der Waals surface area contributed by atoms with Crippen molar-refractivity contribution in [2.75, 3.05) is 0 Å². The zero-order chi connectivity index (χ0) is 27.0. The number of unbranched alkanes of at least 4 members (excludes halogenated alkanes) is 10. The summed E-state index contributed by atoms with van der Waals surface area (Å²) in [5.41, 5.74) is 2.59. The number of hydrogen-bond donors (Lipinski definition) is 0. The summed E-state index contributed by atoms with van der Waals surface area (Å²) in [6.45, 7) is 9.86. The molecule has 0 aromatic heterocycles. The van der Waals surface area contributed by atoms with Crippen LogP contribution in [-0.4, -0.2) is 12.1 Å². The van der Waals surface area contributed by atoms with Gasteiger partial charge in [-0.3, -0.25) is 4.79 Å². The monoisotopic (exact) mass is 526 g/mol. The Kier molecular flexibility index (Phi) is 11.3. The minimum Gasteiger partial charge on any atom is -0.462 e. The zero-order valence-electron chi connectivity index (χ0n) is 25.8. The van der Waals surface area contributed by atoms with Gasteiger partial charge in [-0.25, -0.2) is 0 Å². The largest absolute Gasteiger partial charge is 0.462 e. The summed E-state index contributed by atoms with van der Waals surface area (Å²) >= 11 is 0. The lowest BCUT2D eigenvalue weighted by molar-refractivity contribution is -0.151. The summed E-state index contributed by atoms with van der Waals surface area (Å²) in [6, 6.07) is 0. The number of esters is 1. The van der Waals surface area contributed by atoms with Crippen molar-refractivity contribution in [2.24, 2.45) is 34.5 Å². The maximum atomic E-state index is 12.6. The average molecular weight is 527 g/mol. The lowest BCUT2D eigenvalue weighted by Gasteiger charge is -2.58. The standard InChI is InChI=1S/C36H62O2/c1-5-7-9-11-13-15-17-28-20-22-32-31-21-19-29-27-30(38-34(37)18-16-14-12-10-8-6-2)23-25-36(29,4)33(31)24-26-35(28,32)3/h19,28,30-33H,5-18,20-27H2,1-4H3/t28-,30+,31+,32-,33+,35-,36+/m1/s1. The van der Waals surface area contributed by atoms with E-state index in [1.807, 2.05) is 0 Å². The van der Waals surface area contributed by atoms with Crippen molar-refractivity contribution < 1.29 is 9.53 Å². The minimum atomic E-state index is 0.0548. The van der Waals surface area contributed by atoms with E-state index in [0.29, 0.717) is 17.3 Å². The van der Waals surface area contributed by atoms with E-state index in [2.05, 4.69) is 33.8 Å². The molecule has 2 nitrogen and oxygen atoms in total. The second kappa shape index (κ2) is 14.2. The molecule has 4 rings (SSSR count). The highest BCUT2D eigenvalue weighted by Crippen LogP contribution is 2.66. The van der Waals surface area contributed by atoms with Crippen molar-refractivity contribution in [3.05, 3.63) is 11.6 Å². The molecule has 3 fully saturated rings. The Morgan fingerprint density at radius 2 is 1.50 bits per heavy atom. The van der Waals surface area contributed by atoms with Gasteiger partial charge in [0.1, 0.15) is 6.10 Å². The SMILES string of the molecule is CCCCCCCCC(=O)O[C@H]1CC[C@@]2(C)C(=CC[C@H]3[C@H]4CC[C@@H](CCCCCCCC)[C@@]4(C)CC[C@@H]32)C1. The molecule has 0 radical (unpaired) electrons. The van der Waals surface area contributed by atoms with Crippen molar-refractivity contribution >= 4 is 5.97 Å². The van der Waals surface area contributed by atoms with Crippen molar-refractivity contribution in [1.29, 1.82) is 0 Å². The second-order valence-electron chi connectivity index (χ2n) is 14.5. The lowest BCUT2D eigenvalue weighted by atomic mass is 9.47. The third-order valence-electron chi connectivity index (χ3n) is 12.2. The molecule has 2 heteroatoms. The van der Waals surface area contributed by atoms with Crippen LogP contribution in [0.15, 0.2) is 11.6 Å². The molecule has 0 N–H and O–H groups in total. The summed E-state index contributed by atoms with van der Waals surface area (Å²) in [7, 11) is 0. The molecule has 3 saturated carbocycles. The fraction of sp³-hybridized carbons (Fsp3) is 0.917. The number of carbonyl (C=O) groups excluding carboxylic acids is 1. The van der Waals surface area contributed by atoms with Gasteiger partial charge in [0.25, 0.3) is 0 Å². The fourth-order valence-corrected chi connectivity index (χ4v) is 9.78. The van der Waals surface area contributed by atoms with Gasteiger partial charge in [-0.05, 0) is 92.3 Å². The van der Waals surface area contributed by atoms with E-state index in [0.717, 1.165) is 42.9 Å². The quantitative estimate of drug-likeness (QED) is 0.120. The normalized spacial score (nSPS) is 36.2. The molecule has 4 aliphatic carbocycles. The summed E-state index contributed by atoms with van der Waals surface area (Å²) < 4.78 is 6.04. The van der Waals surface area contributed by atoms with Gasteiger partial charge < -0.3 is 4.74 Å². The first kappa shape index (κ1) is 30.2. The van der Waals surface area contributed by atoms with E-state index in [1.54, 1.807) is 5.57 Å². The summed E-state index contributed by atoms with van der Waals surface area (Å²) in [5, 5.41) is 0. The lowest BCUT2D eigenvalue weighted by Crippen LogP contribution is -2.50. The minimum absolute atomic E-state index is 0.0548. The van der Waals surface area contributed by atoms with Crippen LogP contribution in [0.25, 0.3) is 0 Å². The topological polar surface area (TPSA) is 26.3 Å². The third kappa shape index (κ3) is 6.91. The highest BCUT2D eigenvalue weighted by atomic mass is 16.5. The van der Waals surface area contributed by atoms with Gasteiger partial charge >= 0.3 is 5.97 Å². The first-order valence-corrected chi connectivity index (χ1v) is 17.3. The molecule has 0 aromatic rings.